The minimum atomic E-state index is -1.15. The van der Waals surface area contributed by atoms with Crippen molar-refractivity contribution in [2.75, 3.05) is 19.5 Å². The third kappa shape index (κ3) is 5.70. The highest BCUT2D eigenvalue weighted by molar-refractivity contribution is 6.30. The lowest BCUT2D eigenvalue weighted by atomic mass is 9.98. The zero-order valence-electron chi connectivity index (χ0n) is 18.3. The van der Waals surface area contributed by atoms with Crippen molar-refractivity contribution in [1.29, 1.82) is 0 Å². The largest absolute Gasteiger partial charge is 0.497 e. The molecule has 1 unspecified atom stereocenters. The van der Waals surface area contributed by atoms with Gasteiger partial charge in [0.1, 0.15) is 11.5 Å². The minimum Gasteiger partial charge on any atom is -0.497 e. The Hall–Kier alpha value is -3.84. The number of nitrogens with one attached hydrogen (secondary N) is 1. The Labute approximate surface area is 196 Å². The number of carbonyl (C=O) groups excluding carboxylic acids is 3. The SMILES string of the molecule is COc1ccc(OC)c(NC(=O)C(C)OC(=O)c2ccccc2C(=O)c2ccc(Cl)cc2)c1. The van der Waals surface area contributed by atoms with Crippen molar-refractivity contribution >= 4 is 34.9 Å². The number of benzene rings is 3. The zero-order chi connectivity index (χ0) is 24.0. The molecular formula is C25H22ClNO6. The van der Waals surface area contributed by atoms with E-state index in [9.17, 15) is 14.4 Å². The first-order chi connectivity index (χ1) is 15.8. The van der Waals surface area contributed by atoms with Gasteiger partial charge in [-0.05, 0) is 49.4 Å². The van der Waals surface area contributed by atoms with E-state index in [2.05, 4.69) is 5.32 Å². The molecule has 1 amide bonds. The average Bonchev–Trinajstić information content (AvgIpc) is 2.83. The number of amides is 1. The molecule has 3 aromatic carbocycles. The van der Waals surface area contributed by atoms with Crippen molar-refractivity contribution in [1.82, 2.24) is 0 Å². The summed E-state index contributed by atoms with van der Waals surface area (Å²) >= 11 is 5.89. The van der Waals surface area contributed by atoms with Gasteiger partial charge in [-0.2, -0.15) is 0 Å². The second kappa shape index (κ2) is 10.7. The Kier molecular flexibility index (Phi) is 7.69. The summed E-state index contributed by atoms with van der Waals surface area (Å²) in [4.78, 5) is 38.4. The summed E-state index contributed by atoms with van der Waals surface area (Å²) in [5.41, 5.74) is 0.946. The summed E-state index contributed by atoms with van der Waals surface area (Å²) in [6, 6.07) is 17.5. The van der Waals surface area contributed by atoms with Crippen molar-refractivity contribution in [3.8, 4) is 11.5 Å². The topological polar surface area (TPSA) is 90.9 Å². The van der Waals surface area contributed by atoms with Crippen molar-refractivity contribution in [2.45, 2.75) is 13.0 Å². The van der Waals surface area contributed by atoms with Crippen LogP contribution in [0.2, 0.25) is 5.02 Å². The number of carbonyl (C=O) groups is 3. The molecule has 1 atom stereocenters. The molecule has 0 saturated carbocycles. The first-order valence-corrected chi connectivity index (χ1v) is 10.3. The van der Waals surface area contributed by atoms with Crippen molar-refractivity contribution < 1.29 is 28.6 Å². The molecule has 0 fully saturated rings. The van der Waals surface area contributed by atoms with Crippen LogP contribution >= 0.6 is 11.6 Å². The number of anilines is 1. The maximum Gasteiger partial charge on any atom is 0.339 e. The van der Waals surface area contributed by atoms with E-state index in [1.807, 2.05) is 0 Å². The maximum atomic E-state index is 12.9. The number of hydrogen-bond acceptors (Lipinski definition) is 6. The summed E-state index contributed by atoms with van der Waals surface area (Å²) in [6.45, 7) is 1.43. The molecule has 0 radical (unpaired) electrons. The summed E-state index contributed by atoms with van der Waals surface area (Å²) in [5.74, 6) is -0.797. The summed E-state index contributed by atoms with van der Waals surface area (Å²) < 4.78 is 15.8. The molecule has 0 bridgehead atoms. The van der Waals surface area contributed by atoms with Gasteiger partial charge in [0.05, 0.1) is 25.5 Å². The van der Waals surface area contributed by atoms with Crippen LogP contribution in [-0.4, -0.2) is 38.0 Å². The van der Waals surface area contributed by atoms with E-state index in [1.54, 1.807) is 54.6 Å². The monoisotopic (exact) mass is 467 g/mol. The van der Waals surface area contributed by atoms with Crippen LogP contribution in [0.15, 0.2) is 66.7 Å². The lowest BCUT2D eigenvalue weighted by molar-refractivity contribution is -0.123. The molecule has 0 aliphatic rings. The van der Waals surface area contributed by atoms with E-state index < -0.39 is 18.0 Å². The molecule has 7 nitrogen and oxygen atoms in total. The molecule has 0 aromatic heterocycles. The number of esters is 1. The first-order valence-electron chi connectivity index (χ1n) is 9.97. The van der Waals surface area contributed by atoms with Crippen LogP contribution < -0.4 is 14.8 Å². The fourth-order valence-corrected chi connectivity index (χ4v) is 3.17. The third-order valence-electron chi connectivity index (χ3n) is 4.82. The van der Waals surface area contributed by atoms with Crippen LogP contribution in [0.5, 0.6) is 11.5 Å². The lowest BCUT2D eigenvalue weighted by Gasteiger charge is -2.16. The highest BCUT2D eigenvalue weighted by Crippen LogP contribution is 2.29. The number of methoxy groups -OCH3 is 2. The molecular weight excluding hydrogens is 446 g/mol. The van der Waals surface area contributed by atoms with Gasteiger partial charge < -0.3 is 19.5 Å². The van der Waals surface area contributed by atoms with Crippen LogP contribution in [0.25, 0.3) is 0 Å². The molecule has 0 aliphatic heterocycles. The van der Waals surface area contributed by atoms with Crippen LogP contribution in [0.1, 0.15) is 33.2 Å². The molecule has 3 aromatic rings. The van der Waals surface area contributed by atoms with E-state index >= 15 is 0 Å². The summed E-state index contributed by atoms with van der Waals surface area (Å²) in [6.07, 6.45) is -1.15. The lowest BCUT2D eigenvalue weighted by Crippen LogP contribution is -2.30. The molecule has 1 N–H and O–H groups in total. The Bertz CT molecular complexity index is 1180. The predicted molar refractivity (Wildman–Crippen MR) is 124 cm³/mol. The van der Waals surface area contributed by atoms with Gasteiger partial charge in [0, 0.05) is 22.2 Å². The predicted octanol–water partition coefficient (Wildman–Crippen LogP) is 4.77. The molecule has 170 valence electrons. The van der Waals surface area contributed by atoms with Gasteiger partial charge in [-0.25, -0.2) is 4.79 Å². The number of ketones is 1. The fourth-order valence-electron chi connectivity index (χ4n) is 3.04. The Morgan fingerprint density at radius 1 is 0.879 bits per heavy atom. The van der Waals surface area contributed by atoms with Gasteiger partial charge in [-0.15, -0.1) is 0 Å². The zero-order valence-corrected chi connectivity index (χ0v) is 19.0. The minimum absolute atomic E-state index is 0.0519. The molecule has 0 heterocycles. The Morgan fingerprint density at radius 3 is 2.18 bits per heavy atom. The highest BCUT2D eigenvalue weighted by atomic mass is 35.5. The molecule has 3 rings (SSSR count). The average molecular weight is 468 g/mol. The smallest absolute Gasteiger partial charge is 0.339 e. The quantitative estimate of drug-likeness (QED) is 0.379. The first kappa shape index (κ1) is 23.8. The van der Waals surface area contributed by atoms with Gasteiger partial charge in [0.15, 0.2) is 11.9 Å². The van der Waals surface area contributed by atoms with E-state index in [4.69, 9.17) is 25.8 Å². The summed E-state index contributed by atoms with van der Waals surface area (Å²) in [5, 5.41) is 3.15. The fraction of sp³-hybridized carbons (Fsp3) is 0.160. The number of ether oxygens (including phenoxy) is 3. The van der Waals surface area contributed by atoms with E-state index in [0.29, 0.717) is 27.8 Å². The van der Waals surface area contributed by atoms with Gasteiger partial charge in [0.2, 0.25) is 0 Å². The van der Waals surface area contributed by atoms with Crippen LogP contribution in [-0.2, 0) is 9.53 Å². The number of rotatable bonds is 8. The molecule has 0 saturated heterocycles. The van der Waals surface area contributed by atoms with Crippen molar-refractivity contribution in [3.63, 3.8) is 0 Å². The Morgan fingerprint density at radius 2 is 1.55 bits per heavy atom. The normalized spacial score (nSPS) is 11.3. The second-order valence-corrected chi connectivity index (χ2v) is 7.42. The number of halogens is 1. The second-order valence-electron chi connectivity index (χ2n) is 6.98. The van der Waals surface area contributed by atoms with Crippen LogP contribution in [0, 0.1) is 0 Å². The van der Waals surface area contributed by atoms with E-state index in [-0.39, 0.29) is 16.9 Å². The van der Waals surface area contributed by atoms with Gasteiger partial charge in [0.25, 0.3) is 5.91 Å². The number of hydrogen-bond donors (Lipinski definition) is 1. The van der Waals surface area contributed by atoms with Crippen molar-refractivity contribution in [3.05, 3.63) is 88.4 Å². The van der Waals surface area contributed by atoms with E-state index in [1.165, 1.54) is 33.3 Å². The third-order valence-corrected chi connectivity index (χ3v) is 5.07. The standard InChI is InChI=1S/C25H22ClNO6/c1-15(24(29)27-21-14-18(31-2)12-13-22(21)32-3)33-25(30)20-7-5-4-6-19(20)23(28)16-8-10-17(26)11-9-16/h4-15H,1-3H3,(H,27,29). The van der Waals surface area contributed by atoms with Gasteiger partial charge >= 0.3 is 5.97 Å². The highest BCUT2D eigenvalue weighted by Gasteiger charge is 2.24. The summed E-state index contributed by atoms with van der Waals surface area (Å²) in [7, 11) is 2.97. The van der Waals surface area contributed by atoms with Crippen molar-refractivity contribution in [2.24, 2.45) is 0 Å². The van der Waals surface area contributed by atoms with E-state index in [0.717, 1.165) is 0 Å². The van der Waals surface area contributed by atoms with Gasteiger partial charge in [-0.1, -0.05) is 29.8 Å². The Balaban J connectivity index is 1.76. The maximum absolute atomic E-state index is 12.9. The van der Waals surface area contributed by atoms with Crippen LogP contribution in [0.3, 0.4) is 0 Å². The molecule has 33 heavy (non-hydrogen) atoms. The van der Waals surface area contributed by atoms with Gasteiger partial charge in [-0.3, -0.25) is 9.59 Å². The molecule has 0 spiro atoms. The molecule has 0 aliphatic carbocycles. The molecule has 8 heteroatoms. The van der Waals surface area contributed by atoms with Crippen LogP contribution in [0.4, 0.5) is 5.69 Å².